The van der Waals surface area contributed by atoms with Gasteiger partial charge in [0.25, 0.3) is 0 Å². The van der Waals surface area contributed by atoms with E-state index in [1.807, 2.05) is 24.3 Å². The van der Waals surface area contributed by atoms with E-state index >= 15 is 0 Å². The summed E-state index contributed by atoms with van der Waals surface area (Å²) in [6.07, 6.45) is 2.94. The summed E-state index contributed by atoms with van der Waals surface area (Å²) in [7, 11) is 3.19. The molecule has 10 heteroatoms. The Morgan fingerprint density at radius 3 is 2.49 bits per heavy atom. The van der Waals surface area contributed by atoms with Crippen LogP contribution >= 0.6 is 11.6 Å². The van der Waals surface area contributed by atoms with E-state index in [0.29, 0.717) is 43.3 Å². The predicted octanol–water partition coefficient (Wildman–Crippen LogP) is 3.05. The normalized spacial score (nSPS) is 14.7. The molecule has 1 aliphatic rings. The first kappa shape index (κ1) is 28.8. The Balaban J connectivity index is 1.66. The van der Waals surface area contributed by atoms with E-state index in [-0.39, 0.29) is 18.4 Å². The van der Waals surface area contributed by atoms with Crippen molar-refractivity contribution in [2.45, 2.75) is 31.7 Å². The predicted molar refractivity (Wildman–Crippen MR) is 141 cm³/mol. The highest BCUT2D eigenvalue weighted by molar-refractivity contribution is 6.30. The summed E-state index contributed by atoms with van der Waals surface area (Å²) in [6, 6.07) is 9.34. The van der Waals surface area contributed by atoms with Gasteiger partial charge in [-0.05, 0) is 49.6 Å². The van der Waals surface area contributed by atoms with Crippen LogP contribution in [0.15, 0.2) is 41.0 Å². The Morgan fingerprint density at radius 2 is 1.84 bits per heavy atom. The number of carbonyl (C=O) groups is 2. The summed E-state index contributed by atoms with van der Waals surface area (Å²) >= 11 is 6.14. The average molecular weight is 536 g/mol. The number of halogens is 1. The van der Waals surface area contributed by atoms with Crippen LogP contribution in [0.4, 0.5) is 0 Å². The zero-order chi connectivity index (χ0) is 26.6. The summed E-state index contributed by atoms with van der Waals surface area (Å²) < 4.78 is 21.6. The van der Waals surface area contributed by atoms with E-state index in [0.717, 1.165) is 44.8 Å². The van der Waals surface area contributed by atoms with Crippen LogP contribution in [-0.2, 0) is 27.3 Å². The molecule has 1 fully saturated rings. The second-order valence-corrected chi connectivity index (χ2v) is 9.67. The maximum atomic E-state index is 13.5. The van der Waals surface area contributed by atoms with Gasteiger partial charge in [0.1, 0.15) is 11.1 Å². The number of ether oxygens (including phenoxy) is 3. The molecular formula is C27H38ClN3O6. The molecule has 2 aromatic rings. The molecule has 0 bridgehead atoms. The van der Waals surface area contributed by atoms with Gasteiger partial charge < -0.3 is 28.4 Å². The minimum Gasteiger partial charge on any atom is -0.493 e. The van der Waals surface area contributed by atoms with Crippen LogP contribution < -0.4 is 9.47 Å². The first-order valence-corrected chi connectivity index (χ1v) is 13.1. The molecule has 1 unspecified atom stereocenters. The van der Waals surface area contributed by atoms with Gasteiger partial charge in [0.2, 0.25) is 11.8 Å². The largest absolute Gasteiger partial charge is 0.493 e. The molecule has 1 aromatic carbocycles. The molecule has 37 heavy (non-hydrogen) atoms. The van der Waals surface area contributed by atoms with E-state index in [1.165, 1.54) is 0 Å². The van der Waals surface area contributed by atoms with Gasteiger partial charge in [0.15, 0.2) is 11.5 Å². The van der Waals surface area contributed by atoms with Crippen LogP contribution in [0.5, 0.6) is 11.5 Å². The number of furan rings is 1. The van der Waals surface area contributed by atoms with Gasteiger partial charge in [0, 0.05) is 32.7 Å². The molecule has 1 aromatic heterocycles. The number of carbonyl (C=O) groups excluding carboxylic acids is 2. The SMILES string of the molecule is COc1ccc(CCN(Cc2ccco2)C(=O)CN(CCCN2CCOCC2)C(=O)C(C)Cl)cc1OC. The van der Waals surface area contributed by atoms with Crippen LogP contribution in [0.3, 0.4) is 0 Å². The van der Waals surface area contributed by atoms with E-state index in [9.17, 15) is 9.59 Å². The number of benzene rings is 1. The van der Waals surface area contributed by atoms with Gasteiger partial charge in [-0.25, -0.2) is 0 Å². The van der Waals surface area contributed by atoms with E-state index < -0.39 is 5.38 Å². The van der Waals surface area contributed by atoms with Gasteiger partial charge in [-0.3, -0.25) is 14.5 Å². The Labute approximate surface area is 224 Å². The molecule has 0 radical (unpaired) electrons. The Morgan fingerprint density at radius 1 is 1.08 bits per heavy atom. The Kier molecular flexibility index (Phi) is 11.6. The molecule has 0 saturated carbocycles. The van der Waals surface area contributed by atoms with Crippen molar-refractivity contribution in [1.29, 1.82) is 0 Å². The first-order valence-electron chi connectivity index (χ1n) is 12.6. The minimum absolute atomic E-state index is 0.0361. The van der Waals surface area contributed by atoms with E-state index in [1.54, 1.807) is 43.3 Å². The fourth-order valence-electron chi connectivity index (χ4n) is 4.27. The van der Waals surface area contributed by atoms with Crippen LogP contribution in [0.2, 0.25) is 0 Å². The number of hydrogen-bond acceptors (Lipinski definition) is 7. The number of morpholine rings is 1. The zero-order valence-electron chi connectivity index (χ0n) is 22.0. The van der Waals surface area contributed by atoms with Crippen molar-refractivity contribution in [3.8, 4) is 11.5 Å². The average Bonchev–Trinajstić information content (AvgIpc) is 3.43. The molecule has 3 rings (SSSR count). The molecule has 0 spiro atoms. The Bertz CT molecular complexity index is 979. The summed E-state index contributed by atoms with van der Waals surface area (Å²) in [5, 5.41) is -0.707. The molecule has 0 N–H and O–H groups in total. The van der Waals surface area contributed by atoms with Gasteiger partial charge in [-0.2, -0.15) is 0 Å². The lowest BCUT2D eigenvalue weighted by atomic mass is 10.1. The number of amides is 2. The first-order chi connectivity index (χ1) is 17.9. The fraction of sp³-hybridized carbons (Fsp3) is 0.556. The summed E-state index contributed by atoms with van der Waals surface area (Å²) in [5.41, 5.74) is 1.00. The third kappa shape index (κ3) is 8.94. The lowest BCUT2D eigenvalue weighted by Crippen LogP contribution is -2.46. The van der Waals surface area contributed by atoms with Crippen molar-refractivity contribution >= 4 is 23.4 Å². The molecule has 9 nitrogen and oxygen atoms in total. The van der Waals surface area contributed by atoms with E-state index in [2.05, 4.69) is 4.90 Å². The molecular weight excluding hydrogens is 498 g/mol. The number of alkyl halides is 1. The third-order valence-corrected chi connectivity index (χ3v) is 6.57. The number of methoxy groups -OCH3 is 2. The van der Waals surface area contributed by atoms with Crippen LogP contribution in [0.25, 0.3) is 0 Å². The maximum absolute atomic E-state index is 13.5. The van der Waals surface area contributed by atoms with Gasteiger partial charge in [-0.15, -0.1) is 11.6 Å². The van der Waals surface area contributed by atoms with Crippen molar-refractivity contribution in [3.05, 3.63) is 47.9 Å². The topological polar surface area (TPSA) is 84.7 Å². The van der Waals surface area contributed by atoms with E-state index in [4.69, 9.17) is 30.2 Å². The van der Waals surface area contributed by atoms with Gasteiger partial charge in [-0.1, -0.05) is 6.07 Å². The summed E-state index contributed by atoms with van der Waals surface area (Å²) in [6.45, 7) is 6.87. The second kappa shape index (κ2) is 14.9. The number of rotatable bonds is 14. The van der Waals surface area contributed by atoms with Crippen molar-refractivity contribution in [1.82, 2.24) is 14.7 Å². The minimum atomic E-state index is -0.707. The van der Waals surface area contributed by atoms with Crippen molar-refractivity contribution in [2.24, 2.45) is 0 Å². The highest BCUT2D eigenvalue weighted by atomic mass is 35.5. The molecule has 1 aliphatic heterocycles. The van der Waals surface area contributed by atoms with Crippen LogP contribution in [0, 0.1) is 0 Å². The summed E-state index contributed by atoms with van der Waals surface area (Å²) in [4.78, 5) is 32.0. The smallest absolute Gasteiger partial charge is 0.242 e. The van der Waals surface area contributed by atoms with Crippen molar-refractivity contribution in [3.63, 3.8) is 0 Å². The number of nitrogens with zero attached hydrogens (tertiary/aromatic N) is 3. The zero-order valence-corrected chi connectivity index (χ0v) is 22.7. The fourth-order valence-corrected chi connectivity index (χ4v) is 4.41. The number of hydrogen-bond donors (Lipinski definition) is 0. The molecule has 1 saturated heterocycles. The van der Waals surface area contributed by atoms with Gasteiger partial charge >= 0.3 is 0 Å². The maximum Gasteiger partial charge on any atom is 0.242 e. The molecule has 1 atom stereocenters. The van der Waals surface area contributed by atoms with Crippen molar-refractivity contribution < 1.29 is 28.2 Å². The lowest BCUT2D eigenvalue weighted by Gasteiger charge is -2.30. The molecule has 204 valence electrons. The monoisotopic (exact) mass is 535 g/mol. The Hall–Kier alpha value is -2.75. The lowest BCUT2D eigenvalue weighted by molar-refractivity contribution is -0.140. The highest BCUT2D eigenvalue weighted by Crippen LogP contribution is 2.27. The molecule has 2 amide bonds. The van der Waals surface area contributed by atoms with Crippen LogP contribution in [0.1, 0.15) is 24.7 Å². The quantitative estimate of drug-likeness (QED) is 0.344. The van der Waals surface area contributed by atoms with Gasteiger partial charge in [0.05, 0.1) is 46.8 Å². The standard InChI is InChI=1S/C27H38ClN3O6/c1-21(28)27(33)31(11-5-10-29-13-16-36-17-14-29)20-26(32)30(19-23-6-4-15-37-23)12-9-22-7-8-24(34-2)25(18-22)35-3/h4,6-8,15,18,21H,5,9-14,16-17,19-20H2,1-3H3. The second-order valence-electron chi connectivity index (χ2n) is 9.02. The molecule has 0 aliphatic carbocycles. The van der Waals surface area contributed by atoms with Crippen molar-refractivity contribution in [2.75, 3.05) is 66.7 Å². The molecule has 2 heterocycles. The summed E-state index contributed by atoms with van der Waals surface area (Å²) in [5.74, 6) is 1.56. The third-order valence-electron chi connectivity index (χ3n) is 6.38. The van der Waals surface area contributed by atoms with Crippen LogP contribution in [-0.4, -0.2) is 98.6 Å². The highest BCUT2D eigenvalue weighted by Gasteiger charge is 2.25.